The molecule has 5 atom stereocenters. The fourth-order valence-corrected chi connectivity index (χ4v) is 6.97. The lowest BCUT2D eigenvalue weighted by atomic mass is 9.69. The number of Topliss-reactive ketones (excluding diaryl/α,β-unsaturated/α-hetero) is 2. The molecule has 1 saturated heterocycles. The van der Waals surface area contributed by atoms with E-state index in [9.17, 15) is 24.8 Å². The van der Waals surface area contributed by atoms with E-state index < -0.39 is 35.9 Å². The highest BCUT2D eigenvalue weighted by molar-refractivity contribution is 6.25. The number of aryl methyl sites for hydroxylation is 1. The highest BCUT2D eigenvalue weighted by Gasteiger charge is 2.58. The van der Waals surface area contributed by atoms with Crippen LogP contribution in [0.4, 0.5) is 0 Å². The molecule has 38 heavy (non-hydrogen) atoms. The number of piperazine rings is 1. The number of methoxy groups -OCH3 is 2. The summed E-state index contributed by atoms with van der Waals surface area (Å²) < 4.78 is 16.3. The van der Waals surface area contributed by atoms with E-state index in [1.165, 1.54) is 21.1 Å². The fraction of sp³-hybridized carbons (Fsp3) is 0.500. The molecule has 4 aliphatic rings. The first-order valence-corrected chi connectivity index (χ1v) is 12.6. The van der Waals surface area contributed by atoms with Crippen LogP contribution < -0.4 is 4.74 Å². The second-order valence-corrected chi connectivity index (χ2v) is 10.3. The van der Waals surface area contributed by atoms with Gasteiger partial charge in [0.05, 0.1) is 32.4 Å². The number of benzene rings is 1. The third kappa shape index (κ3) is 3.49. The number of phenolic OH excluding ortho intramolecular Hbond substituents is 1. The highest BCUT2D eigenvalue weighted by atomic mass is 16.5. The van der Waals surface area contributed by atoms with Gasteiger partial charge >= 0.3 is 5.97 Å². The number of carbonyl (C=O) groups is 3. The normalized spacial score (nSPS) is 28.8. The molecule has 3 heterocycles. The number of hydrogen-bond donors (Lipinski definition) is 1. The van der Waals surface area contributed by atoms with Crippen molar-refractivity contribution in [3.63, 3.8) is 0 Å². The molecule has 200 valence electrons. The molecule has 1 fully saturated rings. The van der Waals surface area contributed by atoms with Crippen LogP contribution in [0.15, 0.2) is 28.5 Å². The average molecular weight is 522 g/mol. The smallest absolute Gasteiger partial charge is 0.302 e. The number of rotatable bonds is 4. The lowest BCUT2D eigenvalue weighted by Crippen LogP contribution is -2.70. The number of nitriles is 1. The summed E-state index contributed by atoms with van der Waals surface area (Å²) >= 11 is 0. The average Bonchev–Trinajstić information content (AvgIpc) is 2.86. The van der Waals surface area contributed by atoms with E-state index in [1.54, 1.807) is 6.92 Å². The maximum Gasteiger partial charge on any atom is 0.302 e. The van der Waals surface area contributed by atoms with E-state index in [-0.39, 0.29) is 47.5 Å². The van der Waals surface area contributed by atoms with Gasteiger partial charge in [0.25, 0.3) is 0 Å². The molecule has 10 nitrogen and oxygen atoms in total. The van der Waals surface area contributed by atoms with Crippen LogP contribution in [-0.4, -0.2) is 84.5 Å². The van der Waals surface area contributed by atoms with Crippen LogP contribution in [0.1, 0.15) is 43.0 Å². The number of allylic oxidation sites excluding steroid dienone is 2. The van der Waals surface area contributed by atoms with Crippen LogP contribution in [0.25, 0.3) is 0 Å². The number of carbonyl (C=O) groups excluding carboxylic acids is 3. The van der Waals surface area contributed by atoms with Crippen molar-refractivity contribution in [1.82, 2.24) is 9.80 Å². The molecule has 1 aromatic rings. The molecule has 5 rings (SSSR count). The van der Waals surface area contributed by atoms with Crippen molar-refractivity contribution in [3.05, 3.63) is 45.2 Å². The maximum absolute atomic E-state index is 13.6. The number of hydrogen-bond acceptors (Lipinski definition) is 10. The topological polar surface area (TPSA) is 129 Å². The molecule has 0 amide bonds. The van der Waals surface area contributed by atoms with Crippen molar-refractivity contribution in [2.24, 2.45) is 0 Å². The Balaban J connectivity index is 1.74. The molecular weight excluding hydrogens is 490 g/mol. The van der Waals surface area contributed by atoms with E-state index in [1.807, 2.05) is 24.9 Å². The van der Waals surface area contributed by atoms with Gasteiger partial charge in [0, 0.05) is 41.3 Å². The number of phenols is 1. The SMILES string of the molecule is COC1=C(C)C(=O)C2=C(C1=O)[C@H](COC(C)=O)N1[C@@H](C#N)[C@@H]3Cc4cc(C)c(OC)c(O)c4[C@H]([C@@H]1C2)N3C. The van der Waals surface area contributed by atoms with Gasteiger partial charge in [0.2, 0.25) is 5.78 Å². The summed E-state index contributed by atoms with van der Waals surface area (Å²) in [4.78, 5) is 43.1. The number of nitrogens with zero attached hydrogens (tertiary/aromatic N) is 3. The minimum Gasteiger partial charge on any atom is -0.504 e. The van der Waals surface area contributed by atoms with Gasteiger partial charge in [0.15, 0.2) is 23.0 Å². The molecular formula is C28H31N3O7. The predicted octanol–water partition coefficient (Wildman–Crippen LogP) is 1.89. The quantitative estimate of drug-likeness (QED) is 0.463. The van der Waals surface area contributed by atoms with Gasteiger partial charge in [-0.15, -0.1) is 0 Å². The Morgan fingerprint density at radius 3 is 2.47 bits per heavy atom. The van der Waals surface area contributed by atoms with Crippen molar-refractivity contribution in [3.8, 4) is 17.6 Å². The summed E-state index contributed by atoms with van der Waals surface area (Å²) in [5.41, 5.74) is 3.17. The van der Waals surface area contributed by atoms with Crippen LogP contribution in [0, 0.1) is 18.3 Å². The fourth-order valence-electron chi connectivity index (χ4n) is 6.97. The van der Waals surface area contributed by atoms with Gasteiger partial charge in [-0.2, -0.15) is 5.26 Å². The van der Waals surface area contributed by atoms with E-state index in [0.29, 0.717) is 23.3 Å². The number of esters is 1. The number of aromatic hydroxyl groups is 1. The second-order valence-electron chi connectivity index (χ2n) is 10.3. The van der Waals surface area contributed by atoms with E-state index >= 15 is 0 Å². The van der Waals surface area contributed by atoms with Crippen LogP contribution in [0.2, 0.25) is 0 Å². The molecule has 10 heteroatoms. The molecule has 0 aromatic heterocycles. The van der Waals surface area contributed by atoms with E-state index in [0.717, 1.165) is 11.1 Å². The Hall–Kier alpha value is -3.68. The van der Waals surface area contributed by atoms with E-state index in [4.69, 9.17) is 14.2 Å². The monoisotopic (exact) mass is 521 g/mol. The van der Waals surface area contributed by atoms with Crippen molar-refractivity contribution >= 4 is 17.5 Å². The van der Waals surface area contributed by atoms with Crippen molar-refractivity contribution in [2.75, 3.05) is 27.9 Å². The predicted molar refractivity (Wildman–Crippen MR) is 134 cm³/mol. The van der Waals surface area contributed by atoms with Crippen molar-refractivity contribution in [2.45, 2.75) is 63.8 Å². The zero-order chi connectivity index (χ0) is 27.6. The third-order valence-corrected chi connectivity index (χ3v) is 8.51. The summed E-state index contributed by atoms with van der Waals surface area (Å²) in [5.74, 6) is -0.891. The van der Waals surface area contributed by atoms with Crippen LogP contribution >= 0.6 is 0 Å². The molecule has 2 bridgehead atoms. The summed E-state index contributed by atoms with van der Waals surface area (Å²) in [6, 6.07) is 1.78. The third-order valence-electron chi connectivity index (χ3n) is 8.51. The summed E-state index contributed by atoms with van der Waals surface area (Å²) in [6.45, 7) is 4.50. The zero-order valence-electron chi connectivity index (χ0n) is 22.3. The van der Waals surface area contributed by atoms with Gasteiger partial charge < -0.3 is 19.3 Å². The molecule has 0 radical (unpaired) electrons. The van der Waals surface area contributed by atoms with Gasteiger partial charge in [-0.05, 0) is 44.9 Å². The van der Waals surface area contributed by atoms with Gasteiger partial charge in [-0.3, -0.25) is 24.2 Å². The second kappa shape index (κ2) is 9.26. The molecule has 0 unspecified atom stereocenters. The number of likely N-dealkylation sites (N-methyl/N-ethyl adjacent to an activating group) is 1. The lowest BCUT2D eigenvalue weighted by molar-refractivity contribution is -0.145. The number of fused-ring (bicyclic) bond motifs is 6. The zero-order valence-corrected chi connectivity index (χ0v) is 22.3. The summed E-state index contributed by atoms with van der Waals surface area (Å²) in [5, 5.41) is 21.8. The highest BCUT2D eigenvalue weighted by Crippen LogP contribution is 2.53. The van der Waals surface area contributed by atoms with Crippen molar-refractivity contribution < 1.29 is 33.7 Å². The largest absolute Gasteiger partial charge is 0.504 e. The Morgan fingerprint density at radius 2 is 1.87 bits per heavy atom. The molecule has 1 aromatic carbocycles. The molecule has 0 spiro atoms. The van der Waals surface area contributed by atoms with E-state index in [2.05, 4.69) is 11.0 Å². The molecule has 1 N–H and O–H groups in total. The first kappa shape index (κ1) is 25.9. The maximum atomic E-state index is 13.6. The lowest BCUT2D eigenvalue weighted by Gasteiger charge is -2.60. The first-order valence-electron chi connectivity index (χ1n) is 12.6. The Morgan fingerprint density at radius 1 is 1.16 bits per heavy atom. The van der Waals surface area contributed by atoms with Crippen LogP contribution in [-0.2, 0) is 30.3 Å². The summed E-state index contributed by atoms with van der Waals surface area (Å²) in [7, 11) is 4.76. The number of ketones is 2. The first-order chi connectivity index (χ1) is 18.1. The molecule has 3 aliphatic heterocycles. The Kier molecular flexibility index (Phi) is 6.32. The Labute approximate surface area is 221 Å². The molecule has 1 aliphatic carbocycles. The minimum atomic E-state index is -0.832. The Bertz CT molecular complexity index is 1370. The minimum absolute atomic E-state index is 0.0354. The standard InChI is InChI=1S/C28H31N3O7/c1-12-7-15-8-17-19(10-29)31-18(23(30(17)4)21(15)25(34)27(12)36-5)9-16-22(20(31)11-38-14(3)32)26(35)28(37-6)13(2)24(16)33/h7,17-20,23,34H,8-9,11H2,1-6H3/t17-,18-,19-,20-,23-/m0/s1. The van der Waals surface area contributed by atoms with Gasteiger partial charge in [0.1, 0.15) is 12.6 Å². The van der Waals surface area contributed by atoms with Crippen LogP contribution in [0.5, 0.6) is 11.5 Å². The summed E-state index contributed by atoms with van der Waals surface area (Å²) in [6.07, 6.45) is 0.670. The van der Waals surface area contributed by atoms with Gasteiger partial charge in [-0.25, -0.2) is 0 Å². The van der Waals surface area contributed by atoms with Crippen molar-refractivity contribution in [1.29, 1.82) is 5.26 Å². The molecule has 0 saturated carbocycles. The van der Waals surface area contributed by atoms with Gasteiger partial charge in [-0.1, -0.05) is 6.07 Å². The van der Waals surface area contributed by atoms with Crippen LogP contribution in [0.3, 0.4) is 0 Å². The number of ether oxygens (including phenoxy) is 3.